The highest BCUT2D eigenvalue weighted by Crippen LogP contribution is 2.56. The zero-order valence-corrected chi connectivity index (χ0v) is 26.1. The molecule has 0 bridgehead atoms. The van der Waals surface area contributed by atoms with Crippen molar-refractivity contribution >= 4 is 51.9 Å². The van der Waals surface area contributed by atoms with Crippen LogP contribution >= 0.6 is 35.0 Å². The molecule has 0 aromatic heterocycles. The third kappa shape index (κ3) is 4.84. The van der Waals surface area contributed by atoms with Gasteiger partial charge in [0, 0.05) is 35.9 Å². The summed E-state index contributed by atoms with van der Waals surface area (Å²) in [5, 5.41) is 2.13. The lowest BCUT2D eigenvalue weighted by Gasteiger charge is -2.37. The molecule has 0 radical (unpaired) electrons. The third-order valence-electron chi connectivity index (χ3n) is 8.30. The fraction of sp³-hybridized carbons (Fsp3) is 0.452. The lowest BCUT2D eigenvalue weighted by molar-refractivity contribution is -0.141. The number of hydrogen-bond acceptors (Lipinski definition) is 5. The molecule has 4 atom stereocenters. The van der Waals surface area contributed by atoms with Gasteiger partial charge >= 0.3 is 0 Å². The summed E-state index contributed by atoms with van der Waals surface area (Å²) in [6.07, 6.45) is 2.32. The topological polar surface area (TPSA) is 56.2 Å². The summed E-state index contributed by atoms with van der Waals surface area (Å²) >= 11 is 14.0. The van der Waals surface area contributed by atoms with Gasteiger partial charge in [-0.3, -0.25) is 9.59 Å². The van der Waals surface area contributed by atoms with Crippen LogP contribution in [0.25, 0.3) is 0 Å². The first-order valence-electron chi connectivity index (χ1n) is 13.8. The molecule has 9 heteroatoms. The molecule has 40 heavy (non-hydrogen) atoms. The van der Waals surface area contributed by atoms with Crippen molar-refractivity contribution in [1.29, 1.82) is 0 Å². The highest BCUT2D eigenvalue weighted by Gasteiger charge is 2.54. The Morgan fingerprint density at radius 2 is 1.65 bits per heavy atom. The number of halogens is 2. The molecule has 2 aromatic rings. The average Bonchev–Trinajstić information content (AvgIpc) is 3.58. The molecular weight excluding hydrogens is 563 g/mol. The second-order valence-corrected chi connectivity index (χ2v) is 13.3. The Morgan fingerprint density at radius 1 is 1.05 bits per heavy atom. The van der Waals surface area contributed by atoms with Gasteiger partial charge in [-0.1, -0.05) is 68.2 Å². The second kappa shape index (κ2) is 11.1. The van der Waals surface area contributed by atoms with E-state index < -0.39 is 11.6 Å². The fourth-order valence-corrected chi connectivity index (χ4v) is 7.92. The summed E-state index contributed by atoms with van der Waals surface area (Å²) in [5.41, 5.74) is 2.42. The van der Waals surface area contributed by atoms with Crippen molar-refractivity contribution in [3.05, 3.63) is 80.3 Å². The minimum absolute atomic E-state index is 0.0220. The molecule has 5 rings (SSSR count). The first-order valence-corrected chi connectivity index (χ1v) is 15.4. The van der Waals surface area contributed by atoms with Gasteiger partial charge in [0.2, 0.25) is 5.91 Å². The average molecular weight is 600 g/mol. The fourth-order valence-electron chi connectivity index (χ4n) is 6.31. The number of nitrogens with zero attached hydrogens (tertiary/aromatic N) is 4. The maximum absolute atomic E-state index is 14.4. The van der Waals surface area contributed by atoms with Crippen molar-refractivity contribution < 1.29 is 9.59 Å². The van der Waals surface area contributed by atoms with E-state index in [9.17, 15) is 9.59 Å². The van der Waals surface area contributed by atoms with Crippen molar-refractivity contribution in [3.8, 4) is 0 Å². The van der Waals surface area contributed by atoms with Crippen LogP contribution in [0.2, 0.25) is 10.0 Å². The van der Waals surface area contributed by atoms with E-state index in [1.54, 1.807) is 19.0 Å². The van der Waals surface area contributed by atoms with Gasteiger partial charge < -0.3 is 14.7 Å². The molecule has 3 heterocycles. The molecular formula is C31H36Cl2N4O2S. The van der Waals surface area contributed by atoms with Crippen molar-refractivity contribution in [2.75, 3.05) is 14.1 Å². The van der Waals surface area contributed by atoms with Crippen LogP contribution in [0, 0.1) is 5.92 Å². The number of hydrogen-bond donors (Lipinski definition) is 0. The van der Waals surface area contributed by atoms with Crippen molar-refractivity contribution in [2.24, 2.45) is 10.9 Å². The lowest BCUT2D eigenvalue weighted by atomic mass is 9.81. The molecule has 2 amide bonds. The Kier molecular flexibility index (Phi) is 8.03. The number of amides is 2. The van der Waals surface area contributed by atoms with Crippen molar-refractivity contribution in [2.45, 2.75) is 70.6 Å². The number of carbonyl (C=O) groups excluding carboxylic acids is 2. The molecule has 1 fully saturated rings. The number of aliphatic imine (C=N–C) groups is 1. The van der Waals surface area contributed by atoms with Crippen LogP contribution in [0.4, 0.5) is 0 Å². The lowest BCUT2D eigenvalue weighted by Crippen LogP contribution is -2.49. The molecule has 1 saturated heterocycles. The number of carbonyl (C=O) groups is 2. The number of likely N-dealkylation sites (tertiary alicyclic amines) is 1. The van der Waals surface area contributed by atoms with E-state index in [1.165, 1.54) is 11.8 Å². The zero-order valence-electron chi connectivity index (χ0n) is 23.8. The van der Waals surface area contributed by atoms with Crippen LogP contribution in [-0.2, 0) is 15.1 Å². The Hall–Kier alpha value is -2.48. The number of amidine groups is 1. The Bertz CT molecular complexity index is 1370. The van der Waals surface area contributed by atoms with E-state index in [1.807, 2.05) is 53.4 Å². The molecule has 0 spiro atoms. The minimum atomic E-state index is -0.626. The first-order chi connectivity index (χ1) is 19.0. The van der Waals surface area contributed by atoms with Crippen molar-refractivity contribution in [3.63, 3.8) is 0 Å². The Morgan fingerprint density at radius 3 is 2.20 bits per heavy atom. The van der Waals surface area contributed by atoms with E-state index in [0.29, 0.717) is 21.4 Å². The Labute approximate surface area is 251 Å². The number of thioether (sulfide) groups is 1. The molecule has 3 aliphatic rings. The summed E-state index contributed by atoms with van der Waals surface area (Å²) in [5.74, 6) is -0.0446. The molecule has 3 aliphatic heterocycles. The van der Waals surface area contributed by atoms with Gasteiger partial charge in [-0.2, -0.15) is 0 Å². The second-order valence-electron chi connectivity index (χ2n) is 11.4. The van der Waals surface area contributed by atoms with Crippen LogP contribution in [0.3, 0.4) is 0 Å². The Balaban J connectivity index is 1.63. The smallest absolute Gasteiger partial charge is 0.263 e. The summed E-state index contributed by atoms with van der Waals surface area (Å²) in [7, 11) is 3.51. The minimum Gasteiger partial charge on any atom is -0.347 e. The van der Waals surface area contributed by atoms with Gasteiger partial charge in [0.15, 0.2) is 5.17 Å². The number of allylic oxidation sites excluding steroid dienone is 1. The molecule has 2 aromatic carbocycles. The molecule has 0 N–H and O–H groups in total. The van der Waals surface area contributed by atoms with Crippen LogP contribution in [0.5, 0.6) is 0 Å². The van der Waals surface area contributed by atoms with E-state index >= 15 is 0 Å². The third-order valence-corrected chi connectivity index (χ3v) is 9.86. The SMILES string of the molecule is CCC1CCC(C(=O)N(C)C)N1C(=O)C1=C(C(C)C)N2C(=NC(C)(c3ccc(Cl)cc3)C2c2ccc(Cl)cc2)S1. The summed E-state index contributed by atoms with van der Waals surface area (Å²) in [6, 6.07) is 15.1. The van der Waals surface area contributed by atoms with E-state index in [-0.39, 0.29) is 29.8 Å². The van der Waals surface area contributed by atoms with Crippen LogP contribution in [0.15, 0.2) is 64.1 Å². The normalized spacial score (nSPS) is 26.0. The summed E-state index contributed by atoms with van der Waals surface area (Å²) < 4.78 is 0. The van der Waals surface area contributed by atoms with Gasteiger partial charge in [0.1, 0.15) is 16.5 Å². The highest BCUT2D eigenvalue weighted by molar-refractivity contribution is 8.18. The monoisotopic (exact) mass is 598 g/mol. The molecule has 212 valence electrons. The summed E-state index contributed by atoms with van der Waals surface area (Å²) in [4.78, 5) is 39.2. The number of benzene rings is 2. The number of fused-ring (bicyclic) bond motifs is 1. The van der Waals surface area contributed by atoms with E-state index in [0.717, 1.165) is 34.8 Å². The maximum Gasteiger partial charge on any atom is 0.263 e. The molecule has 0 saturated carbocycles. The number of rotatable bonds is 6. The van der Waals surface area contributed by atoms with Gasteiger partial charge in [-0.25, -0.2) is 4.99 Å². The van der Waals surface area contributed by atoms with Gasteiger partial charge in [-0.15, -0.1) is 0 Å². The predicted octanol–water partition coefficient (Wildman–Crippen LogP) is 7.09. The summed E-state index contributed by atoms with van der Waals surface area (Å²) in [6.45, 7) is 8.46. The quantitative estimate of drug-likeness (QED) is 0.356. The molecule has 6 nitrogen and oxygen atoms in total. The predicted molar refractivity (Wildman–Crippen MR) is 164 cm³/mol. The largest absolute Gasteiger partial charge is 0.347 e. The van der Waals surface area contributed by atoms with E-state index in [4.69, 9.17) is 28.2 Å². The van der Waals surface area contributed by atoms with Gasteiger partial charge in [0.25, 0.3) is 5.91 Å². The number of likely N-dealkylation sites (N-methyl/N-ethyl adjacent to an activating group) is 1. The van der Waals surface area contributed by atoms with Gasteiger partial charge in [-0.05, 0) is 79.3 Å². The molecule has 4 unspecified atom stereocenters. The van der Waals surface area contributed by atoms with Crippen LogP contribution in [-0.4, -0.2) is 57.9 Å². The standard InChI is InChI=1S/C31H36Cl2N4O2S/c1-7-23-16-17-24(28(38)35(5)6)36(23)29(39)26-25(18(2)3)37-27(19-8-12-21(32)13-9-19)31(4,34-30(37)40-26)20-10-14-22(33)15-11-20/h8-15,18,23-24,27H,7,16-17H2,1-6H3. The van der Waals surface area contributed by atoms with E-state index in [2.05, 4.69) is 32.6 Å². The molecule has 0 aliphatic carbocycles. The van der Waals surface area contributed by atoms with Crippen LogP contribution in [0.1, 0.15) is 64.1 Å². The maximum atomic E-state index is 14.4. The zero-order chi connectivity index (χ0) is 28.9. The van der Waals surface area contributed by atoms with Crippen LogP contribution < -0.4 is 0 Å². The van der Waals surface area contributed by atoms with Crippen molar-refractivity contribution in [1.82, 2.24) is 14.7 Å². The van der Waals surface area contributed by atoms with Gasteiger partial charge in [0.05, 0.1) is 6.04 Å². The highest BCUT2D eigenvalue weighted by atomic mass is 35.5. The first kappa shape index (κ1) is 29.0.